The Kier molecular flexibility index (Phi) is 6.51. The predicted octanol–water partition coefficient (Wildman–Crippen LogP) is 1.30. The first-order chi connectivity index (χ1) is 12.9. The van der Waals surface area contributed by atoms with Crippen LogP contribution in [0.2, 0.25) is 0 Å². The summed E-state index contributed by atoms with van der Waals surface area (Å²) in [5.41, 5.74) is -0.693. The van der Waals surface area contributed by atoms with Crippen molar-refractivity contribution in [3.8, 4) is 0 Å². The maximum absolute atomic E-state index is 13.0. The number of nitrogens with one attached hydrogen (secondary N) is 1. The van der Waals surface area contributed by atoms with Crippen LogP contribution in [0.4, 0.5) is 4.79 Å². The molecule has 0 saturated carbocycles. The lowest BCUT2D eigenvalue weighted by molar-refractivity contribution is -0.157. The molecule has 146 valence electrons. The third-order valence-corrected chi connectivity index (χ3v) is 4.51. The number of hydrogen-bond acceptors (Lipinski definition) is 6. The van der Waals surface area contributed by atoms with Crippen molar-refractivity contribution in [2.75, 3.05) is 13.7 Å². The van der Waals surface area contributed by atoms with Crippen LogP contribution in [-0.4, -0.2) is 58.7 Å². The number of benzene rings is 1. The highest BCUT2D eigenvalue weighted by atomic mass is 16.5. The number of nitrogens with zero attached hydrogens (tertiary/aromatic N) is 2. The van der Waals surface area contributed by atoms with Gasteiger partial charge in [-0.3, -0.25) is 19.7 Å². The van der Waals surface area contributed by atoms with E-state index >= 15 is 0 Å². The minimum absolute atomic E-state index is 0.129. The van der Waals surface area contributed by atoms with Crippen molar-refractivity contribution >= 4 is 24.3 Å². The molecule has 1 aromatic carbocycles. The van der Waals surface area contributed by atoms with E-state index in [9.17, 15) is 24.4 Å². The van der Waals surface area contributed by atoms with E-state index in [1.54, 1.807) is 24.3 Å². The molecular formula is C18H23N3O6. The number of carbonyl (C=O) groups excluding carboxylic acids is 4. The van der Waals surface area contributed by atoms with E-state index in [1.807, 2.05) is 6.92 Å². The van der Waals surface area contributed by atoms with Gasteiger partial charge in [-0.1, -0.05) is 38.0 Å². The summed E-state index contributed by atoms with van der Waals surface area (Å²) in [5, 5.41) is 12.6. The molecule has 1 saturated heterocycles. The average molecular weight is 377 g/mol. The fourth-order valence-corrected chi connectivity index (χ4v) is 3.11. The van der Waals surface area contributed by atoms with E-state index in [4.69, 9.17) is 4.74 Å². The summed E-state index contributed by atoms with van der Waals surface area (Å²) in [7, 11) is 1.25. The second-order valence-electron chi connectivity index (χ2n) is 6.36. The molecule has 1 aliphatic rings. The molecule has 9 heteroatoms. The van der Waals surface area contributed by atoms with Crippen LogP contribution in [0.5, 0.6) is 0 Å². The zero-order chi connectivity index (χ0) is 20.0. The minimum Gasteiger partial charge on any atom is -0.465 e. The van der Waals surface area contributed by atoms with Crippen LogP contribution in [0.15, 0.2) is 24.3 Å². The number of amides is 4. The lowest BCUT2D eigenvalue weighted by atomic mass is 9.92. The highest BCUT2D eigenvalue weighted by Gasteiger charge is 2.51. The summed E-state index contributed by atoms with van der Waals surface area (Å²) < 4.78 is 4.73. The number of rotatable bonds is 9. The lowest BCUT2D eigenvalue weighted by Crippen LogP contribution is -2.54. The molecule has 27 heavy (non-hydrogen) atoms. The summed E-state index contributed by atoms with van der Waals surface area (Å²) in [6, 6.07) is 5.87. The monoisotopic (exact) mass is 377 g/mol. The van der Waals surface area contributed by atoms with Gasteiger partial charge in [0.1, 0.15) is 5.54 Å². The van der Waals surface area contributed by atoms with Gasteiger partial charge in [0.2, 0.25) is 6.41 Å². The molecule has 0 bridgehead atoms. The van der Waals surface area contributed by atoms with Gasteiger partial charge in [0.25, 0.3) is 5.91 Å². The van der Waals surface area contributed by atoms with Crippen molar-refractivity contribution in [2.24, 2.45) is 0 Å². The van der Waals surface area contributed by atoms with Gasteiger partial charge in [-0.05, 0) is 18.1 Å². The number of ether oxygens (including phenoxy) is 1. The van der Waals surface area contributed by atoms with Gasteiger partial charge >= 0.3 is 12.0 Å². The maximum Gasteiger partial charge on any atom is 0.338 e. The average Bonchev–Trinajstić information content (AvgIpc) is 2.90. The van der Waals surface area contributed by atoms with Gasteiger partial charge < -0.3 is 10.1 Å². The van der Waals surface area contributed by atoms with Crippen molar-refractivity contribution in [3.05, 3.63) is 35.4 Å². The van der Waals surface area contributed by atoms with E-state index in [1.165, 1.54) is 7.11 Å². The zero-order valence-corrected chi connectivity index (χ0v) is 15.3. The minimum atomic E-state index is -1.40. The number of imide groups is 1. The van der Waals surface area contributed by atoms with Gasteiger partial charge in [0.05, 0.1) is 25.8 Å². The largest absolute Gasteiger partial charge is 0.465 e. The Morgan fingerprint density at radius 3 is 2.70 bits per heavy atom. The number of urea groups is 1. The van der Waals surface area contributed by atoms with Crippen molar-refractivity contribution in [3.63, 3.8) is 0 Å². The van der Waals surface area contributed by atoms with Gasteiger partial charge in [-0.15, -0.1) is 0 Å². The van der Waals surface area contributed by atoms with Crippen LogP contribution in [0.25, 0.3) is 0 Å². The van der Waals surface area contributed by atoms with Gasteiger partial charge in [0.15, 0.2) is 0 Å². The van der Waals surface area contributed by atoms with Crippen LogP contribution in [0, 0.1) is 0 Å². The molecule has 1 aromatic rings. The Morgan fingerprint density at radius 2 is 2.07 bits per heavy atom. The Hall–Kier alpha value is -2.94. The highest BCUT2D eigenvalue weighted by molar-refractivity contribution is 6.07. The van der Waals surface area contributed by atoms with Crippen molar-refractivity contribution in [1.29, 1.82) is 0 Å². The fraction of sp³-hybridized carbons (Fsp3) is 0.444. The summed E-state index contributed by atoms with van der Waals surface area (Å²) in [6.45, 7) is 1.45. The quantitative estimate of drug-likeness (QED) is 0.220. The number of methoxy groups -OCH3 is 1. The molecule has 9 nitrogen and oxygen atoms in total. The van der Waals surface area contributed by atoms with Crippen molar-refractivity contribution < 1.29 is 29.1 Å². The highest BCUT2D eigenvalue weighted by Crippen LogP contribution is 2.27. The molecule has 0 aromatic heterocycles. The normalized spacial score (nSPS) is 19.0. The molecule has 4 amide bonds. The summed E-state index contributed by atoms with van der Waals surface area (Å²) in [4.78, 5) is 49.2. The molecule has 0 aliphatic carbocycles. The van der Waals surface area contributed by atoms with Crippen LogP contribution < -0.4 is 5.32 Å². The van der Waals surface area contributed by atoms with Gasteiger partial charge in [0, 0.05) is 0 Å². The number of esters is 1. The second-order valence-corrected chi connectivity index (χ2v) is 6.36. The first-order valence-corrected chi connectivity index (χ1v) is 8.59. The van der Waals surface area contributed by atoms with Crippen LogP contribution in [-0.2, 0) is 20.9 Å². The molecule has 1 unspecified atom stereocenters. The maximum atomic E-state index is 13.0. The number of hydroxylamine groups is 2. The Labute approximate surface area is 156 Å². The smallest absolute Gasteiger partial charge is 0.338 e. The molecule has 1 fully saturated rings. The molecule has 1 heterocycles. The zero-order valence-electron chi connectivity index (χ0n) is 15.3. The molecule has 0 spiro atoms. The lowest BCUT2D eigenvalue weighted by Gasteiger charge is -2.28. The van der Waals surface area contributed by atoms with E-state index in [0.717, 1.165) is 11.3 Å². The van der Waals surface area contributed by atoms with E-state index < -0.39 is 23.4 Å². The van der Waals surface area contributed by atoms with Crippen LogP contribution in [0.3, 0.4) is 0 Å². The van der Waals surface area contributed by atoms with Crippen LogP contribution in [0.1, 0.15) is 42.1 Å². The Morgan fingerprint density at radius 1 is 1.37 bits per heavy atom. The molecular weight excluding hydrogens is 354 g/mol. The summed E-state index contributed by atoms with van der Waals surface area (Å²) in [5.74, 6) is -1.13. The molecule has 1 aliphatic heterocycles. The number of carbonyl (C=O) groups is 4. The Balaban J connectivity index is 2.31. The molecule has 2 rings (SSSR count). The van der Waals surface area contributed by atoms with E-state index in [2.05, 4.69) is 5.32 Å². The second kappa shape index (κ2) is 8.63. The summed E-state index contributed by atoms with van der Waals surface area (Å²) in [6.07, 6.45) is 1.84. The SMILES string of the molecule is CCCCC1(CN(O)C=O)NC(=O)N(Cc2ccccc2C(=O)OC)C1=O. The standard InChI is InChI=1S/C18H23N3O6/c1-3-4-9-18(11-20(26)12-22)16(24)21(17(25)19-18)10-13-7-5-6-8-14(13)15(23)27-2/h5-8,12,26H,3-4,9-11H2,1-2H3,(H,19,25). The number of hydrogen-bond donors (Lipinski definition) is 2. The van der Waals surface area contributed by atoms with Crippen molar-refractivity contribution in [2.45, 2.75) is 38.3 Å². The number of unbranched alkanes of at least 4 members (excludes halogenated alkanes) is 1. The molecule has 0 radical (unpaired) electrons. The third-order valence-electron chi connectivity index (χ3n) is 4.51. The van der Waals surface area contributed by atoms with Crippen LogP contribution >= 0.6 is 0 Å². The first-order valence-electron chi connectivity index (χ1n) is 8.59. The predicted molar refractivity (Wildman–Crippen MR) is 93.7 cm³/mol. The first kappa shape index (κ1) is 20.4. The third kappa shape index (κ3) is 4.25. The van der Waals surface area contributed by atoms with Crippen molar-refractivity contribution in [1.82, 2.24) is 15.3 Å². The van der Waals surface area contributed by atoms with Gasteiger partial charge in [-0.2, -0.15) is 0 Å². The van der Waals surface area contributed by atoms with Gasteiger partial charge in [-0.25, -0.2) is 14.7 Å². The fourth-order valence-electron chi connectivity index (χ4n) is 3.11. The molecule has 1 atom stereocenters. The van der Waals surface area contributed by atoms with E-state index in [0.29, 0.717) is 17.0 Å². The Bertz CT molecular complexity index is 738. The summed E-state index contributed by atoms with van der Waals surface area (Å²) >= 11 is 0. The van der Waals surface area contributed by atoms with E-state index in [-0.39, 0.29) is 31.5 Å². The topological polar surface area (TPSA) is 116 Å². The molecule has 2 N–H and O–H groups in total.